The van der Waals surface area contributed by atoms with Gasteiger partial charge in [-0.3, -0.25) is 0 Å². The van der Waals surface area contributed by atoms with E-state index in [-0.39, 0.29) is 5.41 Å². The van der Waals surface area contributed by atoms with Gasteiger partial charge in [-0.25, -0.2) is 15.0 Å². The highest BCUT2D eigenvalue weighted by molar-refractivity contribution is 7.25. The summed E-state index contributed by atoms with van der Waals surface area (Å²) in [5, 5.41) is 4.51. The maximum Gasteiger partial charge on any atom is 0.164 e. The van der Waals surface area contributed by atoms with E-state index in [9.17, 15) is 0 Å². The van der Waals surface area contributed by atoms with Gasteiger partial charge in [-0.05, 0) is 80.9 Å². The third-order valence-electron chi connectivity index (χ3n) is 12.2. The first-order valence-electron chi connectivity index (χ1n) is 20.0. The smallest absolute Gasteiger partial charge is 0.164 e. The monoisotopic (exact) mass is 773 g/mol. The SMILES string of the molecule is CC1(C)c2ccccc2-c2c(-c3ccc4oc5cccc(-c6nc(-c7cccc(-c8ccccc8)c7)nc(-c7ccc8c(c7)sc7ccccc78)n6)c5c4c3)cccc21. The Bertz CT molecular complexity index is 3490. The zero-order valence-corrected chi connectivity index (χ0v) is 33.2. The summed E-state index contributed by atoms with van der Waals surface area (Å²) >= 11 is 1.79. The van der Waals surface area contributed by atoms with Crippen LogP contribution >= 0.6 is 11.3 Å². The van der Waals surface area contributed by atoms with E-state index in [2.05, 4.69) is 172 Å². The van der Waals surface area contributed by atoms with Crippen LogP contribution in [0.4, 0.5) is 0 Å². The van der Waals surface area contributed by atoms with Gasteiger partial charge >= 0.3 is 0 Å². The van der Waals surface area contributed by atoms with E-state index >= 15 is 0 Å². The molecule has 11 aromatic rings. The van der Waals surface area contributed by atoms with Crippen molar-refractivity contribution >= 4 is 53.4 Å². The molecule has 0 N–H and O–H groups in total. The van der Waals surface area contributed by atoms with Crippen LogP contribution in [0, 0.1) is 0 Å². The third-order valence-corrected chi connectivity index (χ3v) is 13.3. The number of fused-ring (bicyclic) bond motifs is 9. The van der Waals surface area contributed by atoms with Crippen molar-refractivity contribution in [2.24, 2.45) is 0 Å². The summed E-state index contributed by atoms with van der Waals surface area (Å²) in [5.41, 5.74) is 14.2. The number of rotatable bonds is 5. The molecule has 0 bridgehead atoms. The Morgan fingerprint density at radius 1 is 0.407 bits per heavy atom. The highest BCUT2D eigenvalue weighted by Crippen LogP contribution is 2.52. The maximum atomic E-state index is 6.59. The molecule has 278 valence electrons. The van der Waals surface area contributed by atoms with Crippen LogP contribution in [0.15, 0.2) is 180 Å². The first kappa shape index (κ1) is 33.9. The quantitative estimate of drug-likeness (QED) is 0.175. The average Bonchev–Trinajstić information content (AvgIpc) is 3.93. The molecule has 0 spiro atoms. The molecule has 0 radical (unpaired) electrons. The van der Waals surface area contributed by atoms with Crippen LogP contribution in [0.25, 0.3) is 110 Å². The molecule has 0 fully saturated rings. The molecule has 5 heteroatoms. The topological polar surface area (TPSA) is 51.8 Å². The van der Waals surface area contributed by atoms with Gasteiger partial charge < -0.3 is 4.42 Å². The number of hydrogen-bond acceptors (Lipinski definition) is 5. The molecule has 59 heavy (non-hydrogen) atoms. The average molecular weight is 774 g/mol. The minimum Gasteiger partial charge on any atom is -0.456 e. The van der Waals surface area contributed by atoms with Gasteiger partial charge in [-0.2, -0.15) is 0 Å². The summed E-state index contributed by atoms with van der Waals surface area (Å²) in [6.07, 6.45) is 0. The van der Waals surface area contributed by atoms with Gasteiger partial charge in [0.1, 0.15) is 11.2 Å². The van der Waals surface area contributed by atoms with E-state index in [0.29, 0.717) is 17.5 Å². The highest BCUT2D eigenvalue weighted by Gasteiger charge is 2.36. The molecule has 1 aliphatic rings. The van der Waals surface area contributed by atoms with Crippen LogP contribution in [0.2, 0.25) is 0 Å². The normalized spacial score (nSPS) is 13.1. The fourth-order valence-electron chi connectivity index (χ4n) is 9.26. The first-order valence-corrected chi connectivity index (χ1v) is 20.8. The molecule has 0 amide bonds. The van der Waals surface area contributed by atoms with E-state index in [4.69, 9.17) is 19.4 Å². The van der Waals surface area contributed by atoms with Crippen molar-refractivity contribution in [1.29, 1.82) is 0 Å². The van der Waals surface area contributed by atoms with Gasteiger partial charge in [0.15, 0.2) is 17.5 Å². The van der Waals surface area contributed by atoms with E-state index < -0.39 is 0 Å². The largest absolute Gasteiger partial charge is 0.456 e. The van der Waals surface area contributed by atoms with Crippen molar-refractivity contribution in [2.75, 3.05) is 0 Å². The first-order chi connectivity index (χ1) is 29.0. The summed E-state index contributed by atoms with van der Waals surface area (Å²) in [4.78, 5) is 15.8. The summed E-state index contributed by atoms with van der Waals surface area (Å²) in [7, 11) is 0. The Hall–Kier alpha value is -7.21. The summed E-state index contributed by atoms with van der Waals surface area (Å²) < 4.78 is 9.05. The van der Waals surface area contributed by atoms with Crippen molar-refractivity contribution < 1.29 is 4.42 Å². The predicted octanol–water partition coefficient (Wildman–Crippen LogP) is 14.8. The van der Waals surface area contributed by atoms with Crippen molar-refractivity contribution in [2.45, 2.75) is 19.3 Å². The van der Waals surface area contributed by atoms with Gasteiger partial charge in [-0.1, -0.05) is 153 Å². The van der Waals surface area contributed by atoms with Gasteiger partial charge in [0.05, 0.1) is 0 Å². The Kier molecular flexibility index (Phi) is 7.41. The minimum atomic E-state index is -0.0856. The Labute approximate surface area is 345 Å². The van der Waals surface area contributed by atoms with Crippen LogP contribution in [-0.4, -0.2) is 15.0 Å². The molecule has 0 aliphatic heterocycles. The molecule has 0 saturated carbocycles. The van der Waals surface area contributed by atoms with Crippen LogP contribution in [0.1, 0.15) is 25.0 Å². The molecular weight excluding hydrogens is 739 g/mol. The molecule has 0 saturated heterocycles. The van der Waals surface area contributed by atoms with Crippen LogP contribution in [-0.2, 0) is 5.41 Å². The Balaban J connectivity index is 1.07. The van der Waals surface area contributed by atoms with Crippen LogP contribution in [0.3, 0.4) is 0 Å². The summed E-state index contributed by atoms with van der Waals surface area (Å²) in [6.45, 7) is 4.66. The lowest BCUT2D eigenvalue weighted by Crippen LogP contribution is -2.14. The summed E-state index contributed by atoms with van der Waals surface area (Å²) in [6, 6.07) is 62.4. The molecule has 0 atom stereocenters. The second-order valence-corrected chi connectivity index (χ2v) is 17.0. The molecule has 3 aromatic heterocycles. The second kappa shape index (κ2) is 12.9. The summed E-state index contributed by atoms with van der Waals surface area (Å²) in [5.74, 6) is 1.84. The zero-order chi connectivity index (χ0) is 39.2. The maximum absolute atomic E-state index is 6.59. The minimum absolute atomic E-state index is 0.0856. The molecule has 1 aliphatic carbocycles. The molecular formula is C54H35N3OS. The fourth-order valence-corrected chi connectivity index (χ4v) is 10.4. The lowest BCUT2D eigenvalue weighted by Gasteiger charge is -2.21. The van der Waals surface area contributed by atoms with Crippen LogP contribution in [0.5, 0.6) is 0 Å². The zero-order valence-electron chi connectivity index (χ0n) is 32.4. The number of thiophene rings is 1. The van der Waals surface area contributed by atoms with Gasteiger partial charge in [0.25, 0.3) is 0 Å². The lowest BCUT2D eigenvalue weighted by atomic mass is 9.82. The van der Waals surface area contributed by atoms with E-state index in [0.717, 1.165) is 55.3 Å². The fraction of sp³-hybridized carbons (Fsp3) is 0.0556. The second-order valence-electron chi connectivity index (χ2n) is 16.0. The van der Waals surface area contributed by atoms with E-state index in [1.165, 1.54) is 48.0 Å². The molecule has 8 aromatic carbocycles. The Morgan fingerprint density at radius 3 is 1.95 bits per heavy atom. The number of furan rings is 1. The standard InChI is InChI=1S/C54H35N3OS/c1-54(2)43-21-8-6-18-40(43)49-37(19-11-22-44(49)54)34-26-28-45-42(30-34)50-41(20-12-23-46(50)58-45)53-56-51(35-16-10-15-33(29-35)32-13-4-3-5-14-32)55-52(57-53)36-25-27-39-38-17-7-9-24-47(38)59-48(39)31-36/h3-31H,1-2H3. The molecule has 4 nitrogen and oxygen atoms in total. The number of aromatic nitrogens is 3. The third kappa shape index (κ3) is 5.32. The van der Waals surface area contributed by atoms with Gasteiger partial charge in [0.2, 0.25) is 0 Å². The van der Waals surface area contributed by atoms with E-state index in [1.54, 1.807) is 11.3 Å². The highest BCUT2D eigenvalue weighted by atomic mass is 32.1. The molecule has 3 heterocycles. The van der Waals surface area contributed by atoms with Crippen molar-refractivity contribution in [1.82, 2.24) is 15.0 Å². The van der Waals surface area contributed by atoms with Crippen molar-refractivity contribution in [3.8, 4) is 67.5 Å². The molecule has 0 unspecified atom stereocenters. The van der Waals surface area contributed by atoms with E-state index in [1.807, 2.05) is 18.2 Å². The van der Waals surface area contributed by atoms with Gasteiger partial charge in [-0.15, -0.1) is 11.3 Å². The number of nitrogens with zero attached hydrogens (tertiary/aromatic N) is 3. The Morgan fingerprint density at radius 2 is 1.05 bits per heavy atom. The lowest BCUT2D eigenvalue weighted by molar-refractivity contribution is 0.660. The number of hydrogen-bond donors (Lipinski definition) is 0. The van der Waals surface area contributed by atoms with Crippen LogP contribution < -0.4 is 0 Å². The molecule has 12 rings (SSSR count). The number of benzene rings is 8. The van der Waals surface area contributed by atoms with Crippen molar-refractivity contribution in [3.05, 3.63) is 187 Å². The predicted molar refractivity (Wildman–Crippen MR) is 245 cm³/mol. The van der Waals surface area contributed by atoms with Gasteiger partial charge in [0, 0.05) is 53.1 Å². The van der Waals surface area contributed by atoms with Crippen molar-refractivity contribution in [3.63, 3.8) is 0 Å².